The number of halogens is 2. The lowest BCUT2D eigenvalue weighted by Crippen LogP contribution is -2.42. The standard InChI is InChI=1S/C21H32FN3O.HI/c1-3-23-20(25(2)14-17-10-13-26-15-17)24-16-21(11-4-5-12-21)18-6-8-19(22)9-7-18;/h6-9,17H,3-5,10-16H2,1-2H3,(H,23,24);1H. The number of hydrogen-bond donors (Lipinski definition) is 1. The van der Waals surface area contributed by atoms with Crippen molar-refractivity contribution < 1.29 is 9.13 Å². The van der Waals surface area contributed by atoms with E-state index >= 15 is 0 Å². The van der Waals surface area contributed by atoms with Crippen molar-refractivity contribution in [3.05, 3.63) is 35.6 Å². The Hall–Kier alpha value is -0.890. The number of nitrogens with one attached hydrogen (secondary N) is 1. The Morgan fingerprint density at radius 3 is 2.59 bits per heavy atom. The van der Waals surface area contributed by atoms with Crippen molar-refractivity contribution in [1.29, 1.82) is 0 Å². The van der Waals surface area contributed by atoms with Crippen LogP contribution in [0.25, 0.3) is 0 Å². The van der Waals surface area contributed by atoms with Crippen LogP contribution in [0.5, 0.6) is 0 Å². The zero-order valence-corrected chi connectivity index (χ0v) is 18.9. The van der Waals surface area contributed by atoms with Gasteiger partial charge in [0.25, 0.3) is 0 Å². The molecule has 1 aliphatic carbocycles. The molecule has 1 aromatic carbocycles. The van der Waals surface area contributed by atoms with E-state index in [4.69, 9.17) is 9.73 Å². The Labute approximate surface area is 180 Å². The van der Waals surface area contributed by atoms with Crippen LogP contribution in [-0.4, -0.2) is 50.8 Å². The van der Waals surface area contributed by atoms with E-state index in [1.165, 1.54) is 18.4 Å². The lowest BCUT2D eigenvalue weighted by Gasteiger charge is -2.30. The third-order valence-corrected chi connectivity index (χ3v) is 5.80. The molecule has 2 fully saturated rings. The first-order valence-electron chi connectivity index (χ1n) is 9.96. The van der Waals surface area contributed by atoms with Gasteiger partial charge in [0.15, 0.2) is 5.96 Å². The summed E-state index contributed by atoms with van der Waals surface area (Å²) in [6.07, 6.45) is 5.82. The second-order valence-electron chi connectivity index (χ2n) is 7.77. The molecule has 2 aliphatic rings. The van der Waals surface area contributed by atoms with E-state index in [0.29, 0.717) is 5.92 Å². The van der Waals surface area contributed by atoms with Crippen molar-refractivity contribution in [2.24, 2.45) is 10.9 Å². The quantitative estimate of drug-likeness (QED) is 0.370. The molecule has 0 aromatic heterocycles. The molecule has 0 radical (unpaired) electrons. The maximum atomic E-state index is 13.4. The number of aliphatic imine (C=N–C) groups is 1. The molecule has 152 valence electrons. The van der Waals surface area contributed by atoms with Crippen molar-refractivity contribution in [2.45, 2.75) is 44.4 Å². The molecule has 1 aromatic rings. The summed E-state index contributed by atoms with van der Waals surface area (Å²) in [6, 6.07) is 7.05. The van der Waals surface area contributed by atoms with E-state index in [1.807, 2.05) is 12.1 Å². The Kier molecular flexibility index (Phi) is 8.79. The monoisotopic (exact) mass is 489 g/mol. The van der Waals surface area contributed by atoms with Crippen LogP contribution in [0.1, 0.15) is 44.6 Å². The van der Waals surface area contributed by atoms with E-state index in [0.717, 1.165) is 58.1 Å². The van der Waals surface area contributed by atoms with Gasteiger partial charge in [-0.1, -0.05) is 25.0 Å². The molecule has 0 amide bonds. The molecule has 27 heavy (non-hydrogen) atoms. The minimum Gasteiger partial charge on any atom is -0.381 e. The summed E-state index contributed by atoms with van der Waals surface area (Å²) in [6.45, 7) is 6.41. The maximum Gasteiger partial charge on any atom is 0.193 e. The molecule has 1 aliphatic heterocycles. The second-order valence-corrected chi connectivity index (χ2v) is 7.77. The smallest absolute Gasteiger partial charge is 0.193 e. The average Bonchev–Trinajstić information content (AvgIpc) is 3.32. The van der Waals surface area contributed by atoms with Crippen molar-refractivity contribution in [2.75, 3.05) is 39.9 Å². The highest BCUT2D eigenvalue weighted by Crippen LogP contribution is 2.41. The van der Waals surface area contributed by atoms with Gasteiger partial charge in [0.05, 0.1) is 13.2 Å². The molecule has 0 spiro atoms. The van der Waals surface area contributed by atoms with Crippen molar-refractivity contribution in [3.63, 3.8) is 0 Å². The van der Waals surface area contributed by atoms with Gasteiger partial charge >= 0.3 is 0 Å². The fourth-order valence-corrected chi connectivity index (χ4v) is 4.29. The minimum absolute atomic E-state index is 0. The lowest BCUT2D eigenvalue weighted by atomic mass is 9.79. The number of benzene rings is 1. The molecule has 0 bridgehead atoms. The van der Waals surface area contributed by atoms with Crippen LogP contribution in [0.2, 0.25) is 0 Å². The first-order chi connectivity index (χ1) is 12.6. The van der Waals surface area contributed by atoms with Gasteiger partial charge in [-0.15, -0.1) is 24.0 Å². The molecule has 4 nitrogen and oxygen atoms in total. The number of ether oxygens (including phenoxy) is 1. The summed E-state index contributed by atoms with van der Waals surface area (Å²) >= 11 is 0. The number of hydrogen-bond acceptors (Lipinski definition) is 2. The van der Waals surface area contributed by atoms with Crippen LogP contribution in [0.3, 0.4) is 0 Å². The van der Waals surface area contributed by atoms with Crippen LogP contribution in [0.15, 0.2) is 29.3 Å². The largest absolute Gasteiger partial charge is 0.381 e. The fraction of sp³-hybridized carbons (Fsp3) is 0.667. The van der Waals surface area contributed by atoms with Gasteiger partial charge in [-0.05, 0) is 43.9 Å². The van der Waals surface area contributed by atoms with Crippen LogP contribution >= 0.6 is 24.0 Å². The first kappa shape index (κ1) is 22.4. The molecular formula is C21H33FIN3O. The molecule has 1 saturated heterocycles. The summed E-state index contributed by atoms with van der Waals surface area (Å²) in [5.74, 6) is 1.38. The molecule has 1 heterocycles. The Morgan fingerprint density at radius 2 is 2.00 bits per heavy atom. The molecule has 6 heteroatoms. The Morgan fingerprint density at radius 1 is 1.30 bits per heavy atom. The minimum atomic E-state index is -0.169. The maximum absolute atomic E-state index is 13.4. The summed E-state index contributed by atoms with van der Waals surface area (Å²) in [7, 11) is 2.11. The van der Waals surface area contributed by atoms with Gasteiger partial charge in [-0.3, -0.25) is 4.99 Å². The molecule has 1 N–H and O–H groups in total. The van der Waals surface area contributed by atoms with Gasteiger partial charge in [0.2, 0.25) is 0 Å². The van der Waals surface area contributed by atoms with Gasteiger partial charge < -0.3 is 15.0 Å². The van der Waals surface area contributed by atoms with E-state index in [1.54, 1.807) is 12.1 Å². The predicted molar refractivity (Wildman–Crippen MR) is 119 cm³/mol. The lowest BCUT2D eigenvalue weighted by molar-refractivity contribution is 0.181. The molecule has 1 unspecified atom stereocenters. The molecule has 1 atom stereocenters. The van der Waals surface area contributed by atoms with Crippen molar-refractivity contribution >= 4 is 29.9 Å². The third-order valence-electron chi connectivity index (χ3n) is 5.80. The van der Waals surface area contributed by atoms with Gasteiger partial charge in [-0.2, -0.15) is 0 Å². The average molecular weight is 489 g/mol. The SMILES string of the molecule is CCNC(=NCC1(c2ccc(F)cc2)CCCC1)N(C)CC1CCOC1.I. The normalized spacial score (nSPS) is 21.7. The Balaban J connectivity index is 0.00000261. The van der Waals surface area contributed by atoms with Gasteiger partial charge in [0.1, 0.15) is 5.82 Å². The summed E-state index contributed by atoms with van der Waals surface area (Å²) < 4.78 is 18.9. The van der Waals surface area contributed by atoms with Crippen LogP contribution in [0.4, 0.5) is 4.39 Å². The number of rotatable bonds is 6. The van der Waals surface area contributed by atoms with Crippen LogP contribution in [-0.2, 0) is 10.2 Å². The molecular weight excluding hydrogens is 456 g/mol. The van der Waals surface area contributed by atoms with E-state index in [2.05, 4.69) is 24.2 Å². The van der Waals surface area contributed by atoms with Crippen LogP contribution in [0, 0.1) is 11.7 Å². The number of guanidine groups is 1. The highest BCUT2D eigenvalue weighted by atomic mass is 127. The zero-order chi connectivity index (χ0) is 18.4. The van der Waals surface area contributed by atoms with Gasteiger partial charge in [-0.25, -0.2) is 4.39 Å². The highest BCUT2D eigenvalue weighted by molar-refractivity contribution is 14.0. The van der Waals surface area contributed by atoms with E-state index < -0.39 is 0 Å². The van der Waals surface area contributed by atoms with E-state index in [-0.39, 0.29) is 35.2 Å². The molecule has 1 saturated carbocycles. The third kappa shape index (κ3) is 5.79. The van der Waals surface area contributed by atoms with Crippen LogP contribution < -0.4 is 5.32 Å². The van der Waals surface area contributed by atoms with Gasteiger partial charge in [0, 0.05) is 38.1 Å². The fourth-order valence-electron chi connectivity index (χ4n) is 4.29. The highest BCUT2D eigenvalue weighted by Gasteiger charge is 2.35. The summed E-state index contributed by atoms with van der Waals surface area (Å²) in [4.78, 5) is 7.24. The second kappa shape index (κ2) is 10.6. The van der Waals surface area contributed by atoms with Crippen molar-refractivity contribution in [1.82, 2.24) is 10.2 Å². The first-order valence-corrected chi connectivity index (χ1v) is 9.96. The summed E-state index contributed by atoms with van der Waals surface area (Å²) in [5, 5.41) is 3.43. The topological polar surface area (TPSA) is 36.9 Å². The Bertz CT molecular complexity index is 596. The van der Waals surface area contributed by atoms with E-state index in [9.17, 15) is 4.39 Å². The van der Waals surface area contributed by atoms with Crippen molar-refractivity contribution in [3.8, 4) is 0 Å². The zero-order valence-electron chi connectivity index (χ0n) is 16.5. The summed E-state index contributed by atoms with van der Waals surface area (Å²) in [5.41, 5.74) is 1.27. The molecule has 3 rings (SSSR count). The predicted octanol–water partition coefficient (Wildman–Crippen LogP) is 4.19. The number of nitrogens with zero attached hydrogens (tertiary/aromatic N) is 2.